The van der Waals surface area contributed by atoms with Crippen molar-refractivity contribution in [2.45, 2.75) is 32.3 Å². The molecule has 0 radical (unpaired) electrons. The van der Waals surface area contributed by atoms with Gasteiger partial charge in [0.05, 0.1) is 5.70 Å². The van der Waals surface area contributed by atoms with Gasteiger partial charge in [0.15, 0.2) is 12.0 Å². The fourth-order valence-corrected chi connectivity index (χ4v) is 2.18. The molecule has 0 spiro atoms. The van der Waals surface area contributed by atoms with Gasteiger partial charge in [-0.25, -0.2) is 0 Å². The van der Waals surface area contributed by atoms with Crippen LogP contribution in [0.25, 0.3) is 0 Å². The van der Waals surface area contributed by atoms with E-state index in [4.69, 9.17) is 4.74 Å². The normalized spacial score (nSPS) is 24.8. The predicted molar refractivity (Wildman–Crippen MR) is 62.7 cm³/mol. The van der Waals surface area contributed by atoms with E-state index >= 15 is 0 Å². The fraction of sp³-hybridized carbons (Fsp3) is 0.462. The smallest absolute Gasteiger partial charge is 0.184 e. The molecule has 0 fully saturated rings. The van der Waals surface area contributed by atoms with Crippen LogP contribution < -0.4 is 5.32 Å². The molecule has 0 amide bonds. The first kappa shape index (κ1) is 11.0. The summed E-state index contributed by atoms with van der Waals surface area (Å²) in [6, 6.07) is 0. The van der Waals surface area contributed by atoms with Crippen LogP contribution in [-0.4, -0.2) is 18.9 Å². The molecule has 2 rings (SSSR count). The highest BCUT2D eigenvalue weighted by atomic mass is 16.5. The summed E-state index contributed by atoms with van der Waals surface area (Å²) < 4.78 is 5.70. The zero-order valence-electron chi connectivity index (χ0n) is 9.53. The van der Waals surface area contributed by atoms with Crippen molar-refractivity contribution in [1.82, 2.24) is 5.32 Å². The van der Waals surface area contributed by atoms with Crippen LogP contribution in [0.2, 0.25) is 0 Å². The number of hydrogen-bond donors (Lipinski definition) is 1. The molecule has 0 aromatic rings. The third-order valence-corrected chi connectivity index (χ3v) is 2.99. The Morgan fingerprint density at radius 1 is 1.62 bits per heavy atom. The molecule has 1 heterocycles. The molecule has 0 bridgehead atoms. The summed E-state index contributed by atoms with van der Waals surface area (Å²) in [6.45, 7) is 2.67. The van der Waals surface area contributed by atoms with Gasteiger partial charge in [-0.3, -0.25) is 4.79 Å². The Balaban J connectivity index is 2.15. The molecule has 1 atom stereocenters. The summed E-state index contributed by atoms with van der Waals surface area (Å²) in [6.07, 6.45) is 9.98. The standard InChI is InChI=1S/C13H17NO2/c1-2-11(9-15)16-12-7-3-5-10-6-4-8-14-13(10)12/h2,4,6,9,12,14H,3,5,7-8H2,1H3/b11-2+. The molecule has 0 aromatic carbocycles. The van der Waals surface area contributed by atoms with Gasteiger partial charge in [0.1, 0.15) is 6.10 Å². The van der Waals surface area contributed by atoms with Gasteiger partial charge in [-0.2, -0.15) is 0 Å². The van der Waals surface area contributed by atoms with Crippen molar-refractivity contribution in [2.75, 3.05) is 6.54 Å². The zero-order chi connectivity index (χ0) is 11.4. The molecule has 3 heteroatoms. The molecule has 86 valence electrons. The first-order chi connectivity index (χ1) is 7.85. The van der Waals surface area contributed by atoms with Crippen LogP contribution in [0.1, 0.15) is 26.2 Å². The van der Waals surface area contributed by atoms with E-state index in [1.54, 1.807) is 6.08 Å². The number of hydrogen-bond acceptors (Lipinski definition) is 3. The van der Waals surface area contributed by atoms with Crippen LogP contribution in [0.4, 0.5) is 0 Å². The largest absolute Gasteiger partial charge is 0.481 e. The molecule has 1 unspecified atom stereocenters. The lowest BCUT2D eigenvalue weighted by atomic mass is 9.92. The SMILES string of the molecule is C/C=C(\C=O)OC1CCCC2=C1NCC=C2. The van der Waals surface area contributed by atoms with E-state index in [0.717, 1.165) is 37.8 Å². The molecule has 0 saturated heterocycles. The number of allylic oxidation sites excluding steroid dienone is 4. The van der Waals surface area contributed by atoms with Crippen molar-refractivity contribution in [3.8, 4) is 0 Å². The molecular weight excluding hydrogens is 202 g/mol. The van der Waals surface area contributed by atoms with Gasteiger partial charge in [-0.15, -0.1) is 0 Å². The Morgan fingerprint density at radius 3 is 3.25 bits per heavy atom. The number of dihydropyridines is 1. The number of carbonyl (C=O) groups is 1. The van der Waals surface area contributed by atoms with Crippen LogP contribution in [0.5, 0.6) is 0 Å². The number of aldehydes is 1. The molecule has 0 saturated carbocycles. The highest BCUT2D eigenvalue weighted by Crippen LogP contribution is 2.29. The number of carbonyl (C=O) groups excluding carboxylic acids is 1. The molecule has 0 aromatic heterocycles. The highest BCUT2D eigenvalue weighted by Gasteiger charge is 2.25. The number of rotatable bonds is 3. The summed E-state index contributed by atoms with van der Waals surface area (Å²) in [7, 11) is 0. The minimum Gasteiger partial charge on any atom is -0.481 e. The third kappa shape index (κ3) is 2.18. The quantitative estimate of drug-likeness (QED) is 0.448. The zero-order valence-corrected chi connectivity index (χ0v) is 9.53. The summed E-state index contributed by atoms with van der Waals surface area (Å²) in [5, 5.41) is 3.35. The average Bonchev–Trinajstić information content (AvgIpc) is 2.36. The monoisotopic (exact) mass is 219 g/mol. The molecule has 1 aliphatic heterocycles. The highest BCUT2D eigenvalue weighted by molar-refractivity contribution is 5.70. The van der Waals surface area contributed by atoms with E-state index in [2.05, 4.69) is 17.5 Å². The van der Waals surface area contributed by atoms with Crippen LogP contribution in [0.15, 0.2) is 35.3 Å². The van der Waals surface area contributed by atoms with Gasteiger partial charge in [-0.1, -0.05) is 12.2 Å². The van der Waals surface area contributed by atoms with Crippen molar-refractivity contribution in [3.63, 3.8) is 0 Å². The number of ether oxygens (including phenoxy) is 1. The van der Waals surface area contributed by atoms with Gasteiger partial charge in [0.25, 0.3) is 0 Å². The lowest BCUT2D eigenvalue weighted by Crippen LogP contribution is -2.32. The van der Waals surface area contributed by atoms with Gasteiger partial charge in [-0.05, 0) is 37.8 Å². The van der Waals surface area contributed by atoms with Crippen LogP contribution in [0, 0.1) is 0 Å². The van der Waals surface area contributed by atoms with E-state index in [0.29, 0.717) is 5.76 Å². The molecule has 1 aliphatic carbocycles. The Labute approximate surface area is 95.9 Å². The average molecular weight is 219 g/mol. The molecule has 2 aliphatic rings. The maximum atomic E-state index is 10.7. The van der Waals surface area contributed by atoms with Crippen molar-refractivity contribution < 1.29 is 9.53 Å². The molecule has 16 heavy (non-hydrogen) atoms. The molecular formula is C13H17NO2. The number of nitrogens with one attached hydrogen (secondary N) is 1. The second kappa shape index (κ2) is 5.01. The van der Waals surface area contributed by atoms with Crippen LogP contribution in [0.3, 0.4) is 0 Å². The second-order valence-electron chi connectivity index (χ2n) is 4.03. The Morgan fingerprint density at radius 2 is 2.50 bits per heavy atom. The van der Waals surface area contributed by atoms with E-state index in [1.807, 2.05) is 6.92 Å². The van der Waals surface area contributed by atoms with Crippen molar-refractivity contribution >= 4 is 6.29 Å². The maximum absolute atomic E-state index is 10.7. The first-order valence-electron chi connectivity index (χ1n) is 5.76. The Bertz CT molecular complexity index is 366. The van der Waals surface area contributed by atoms with Gasteiger partial charge >= 0.3 is 0 Å². The second-order valence-corrected chi connectivity index (χ2v) is 4.03. The lowest BCUT2D eigenvalue weighted by molar-refractivity contribution is -0.108. The van der Waals surface area contributed by atoms with Crippen molar-refractivity contribution in [3.05, 3.63) is 35.3 Å². The third-order valence-electron chi connectivity index (χ3n) is 2.99. The Hall–Kier alpha value is -1.51. The lowest BCUT2D eigenvalue weighted by Gasteiger charge is -2.30. The fourth-order valence-electron chi connectivity index (χ4n) is 2.18. The molecule has 3 nitrogen and oxygen atoms in total. The van der Waals surface area contributed by atoms with Crippen LogP contribution >= 0.6 is 0 Å². The molecule has 1 N–H and O–H groups in total. The van der Waals surface area contributed by atoms with Crippen molar-refractivity contribution in [2.24, 2.45) is 0 Å². The summed E-state index contributed by atoms with van der Waals surface area (Å²) in [4.78, 5) is 10.7. The van der Waals surface area contributed by atoms with Gasteiger partial charge in [0, 0.05) is 6.54 Å². The minimum atomic E-state index is 0.0186. The predicted octanol–water partition coefficient (Wildman–Crippen LogP) is 2.07. The first-order valence-corrected chi connectivity index (χ1v) is 5.76. The van der Waals surface area contributed by atoms with E-state index < -0.39 is 0 Å². The van der Waals surface area contributed by atoms with E-state index in [9.17, 15) is 4.79 Å². The van der Waals surface area contributed by atoms with Crippen LogP contribution in [-0.2, 0) is 9.53 Å². The summed E-state index contributed by atoms with van der Waals surface area (Å²) in [5.41, 5.74) is 2.49. The maximum Gasteiger partial charge on any atom is 0.184 e. The minimum absolute atomic E-state index is 0.0186. The summed E-state index contributed by atoms with van der Waals surface area (Å²) in [5.74, 6) is 0.426. The van der Waals surface area contributed by atoms with Crippen molar-refractivity contribution in [1.29, 1.82) is 0 Å². The van der Waals surface area contributed by atoms with Gasteiger partial charge < -0.3 is 10.1 Å². The Kier molecular flexibility index (Phi) is 3.44. The van der Waals surface area contributed by atoms with E-state index in [1.165, 1.54) is 5.57 Å². The van der Waals surface area contributed by atoms with Gasteiger partial charge in [0.2, 0.25) is 0 Å². The topological polar surface area (TPSA) is 38.3 Å². The van der Waals surface area contributed by atoms with E-state index in [-0.39, 0.29) is 6.10 Å². The summed E-state index contributed by atoms with van der Waals surface area (Å²) >= 11 is 0.